The zero-order valence-electron chi connectivity index (χ0n) is 13.0. The highest BCUT2D eigenvalue weighted by Crippen LogP contribution is 2.21. The Balaban J connectivity index is 1.68. The second-order valence-electron chi connectivity index (χ2n) is 5.90. The van der Waals surface area contributed by atoms with Gasteiger partial charge >= 0.3 is 0 Å². The molecule has 6 heteroatoms. The quantitative estimate of drug-likeness (QED) is 0.933. The van der Waals surface area contributed by atoms with E-state index in [4.69, 9.17) is 11.6 Å². The van der Waals surface area contributed by atoms with Gasteiger partial charge in [-0.25, -0.2) is 0 Å². The third-order valence-electron chi connectivity index (χ3n) is 3.99. The number of carbonyl (C=O) groups is 1. The van der Waals surface area contributed by atoms with Crippen LogP contribution in [0, 0.1) is 5.92 Å². The highest BCUT2D eigenvalue weighted by Gasteiger charge is 2.18. The van der Waals surface area contributed by atoms with Gasteiger partial charge in [-0.2, -0.15) is 0 Å². The summed E-state index contributed by atoms with van der Waals surface area (Å²) in [4.78, 5) is 14.4. The maximum Gasteiger partial charge on any atom is 0.258 e. The molecule has 1 saturated heterocycles. The number of benzene rings is 1. The molecular weight excluding hydrogens is 312 g/mol. The van der Waals surface area contributed by atoms with Crippen LogP contribution in [0.2, 0.25) is 5.02 Å². The first-order valence-corrected chi connectivity index (χ1v) is 8.16. The van der Waals surface area contributed by atoms with Crippen LogP contribution in [-0.4, -0.2) is 29.2 Å². The number of anilines is 2. The fourth-order valence-corrected chi connectivity index (χ4v) is 3.01. The summed E-state index contributed by atoms with van der Waals surface area (Å²) in [5.74, 6) is 1.66. The van der Waals surface area contributed by atoms with Crippen LogP contribution in [0.5, 0.6) is 0 Å². The molecule has 0 aliphatic carbocycles. The van der Waals surface area contributed by atoms with Gasteiger partial charge in [0.2, 0.25) is 0 Å². The van der Waals surface area contributed by atoms with Crippen molar-refractivity contribution in [2.24, 2.45) is 5.92 Å². The van der Waals surface area contributed by atoms with Crippen LogP contribution in [0.25, 0.3) is 0 Å². The zero-order chi connectivity index (χ0) is 16.2. The Morgan fingerprint density at radius 1 is 1.26 bits per heavy atom. The molecule has 0 saturated carbocycles. The van der Waals surface area contributed by atoms with Crippen molar-refractivity contribution in [3.63, 3.8) is 0 Å². The smallest absolute Gasteiger partial charge is 0.258 e. The average molecular weight is 331 g/mol. The molecule has 3 rings (SSSR count). The van der Waals surface area contributed by atoms with Crippen molar-refractivity contribution in [2.45, 2.75) is 19.8 Å². The van der Waals surface area contributed by atoms with Gasteiger partial charge in [0.05, 0.1) is 10.6 Å². The molecule has 2 heterocycles. The summed E-state index contributed by atoms with van der Waals surface area (Å²) in [5, 5.41) is 11.5. The maximum absolute atomic E-state index is 12.2. The third-order valence-corrected chi connectivity index (χ3v) is 4.32. The molecule has 2 aromatic rings. The molecule has 0 bridgehead atoms. The molecule has 1 fully saturated rings. The molecular formula is C17H19ClN4O. The number of nitrogens with one attached hydrogen (secondary N) is 1. The summed E-state index contributed by atoms with van der Waals surface area (Å²) < 4.78 is 0. The molecule has 23 heavy (non-hydrogen) atoms. The predicted octanol–water partition coefficient (Wildman–Crippen LogP) is 3.62. The molecule has 1 N–H and O–H groups in total. The number of aromatic nitrogens is 2. The first kappa shape index (κ1) is 15.7. The van der Waals surface area contributed by atoms with E-state index in [1.54, 1.807) is 30.3 Å². The second-order valence-corrected chi connectivity index (χ2v) is 6.31. The van der Waals surface area contributed by atoms with Crippen molar-refractivity contribution in [2.75, 3.05) is 23.3 Å². The van der Waals surface area contributed by atoms with Crippen molar-refractivity contribution in [3.8, 4) is 0 Å². The van der Waals surface area contributed by atoms with E-state index in [0.29, 0.717) is 22.3 Å². The topological polar surface area (TPSA) is 58.1 Å². The van der Waals surface area contributed by atoms with Crippen molar-refractivity contribution >= 4 is 29.1 Å². The third kappa shape index (κ3) is 3.79. The summed E-state index contributed by atoms with van der Waals surface area (Å²) in [6, 6.07) is 10.6. The number of amides is 1. The largest absolute Gasteiger partial charge is 0.355 e. The second kappa shape index (κ2) is 6.96. The minimum Gasteiger partial charge on any atom is -0.355 e. The fraction of sp³-hybridized carbons (Fsp3) is 0.353. The number of hydrogen-bond acceptors (Lipinski definition) is 4. The number of carbonyl (C=O) groups excluding carboxylic acids is 1. The Bertz CT molecular complexity index is 689. The van der Waals surface area contributed by atoms with Crippen molar-refractivity contribution in [1.29, 1.82) is 0 Å². The van der Waals surface area contributed by atoms with Crippen LogP contribution in [0.3, 0.4) is 0 Å². The molecule has 1 aromatic heterocycles. The van der Waals surface area contributed by atoms with Gasteiger partial charge in [-0.05, 0) is 43.0 Å². The Labute approximate surface area is 140 Å². The first-order valence-electron chi connectivity index (χ1n) is 7.78. The Morgan fingerprint density at radius 3 is 2.78 bits per heavy atom. The van der Waals surface area contributed by atoms with E-state index in [-0.39, 0.29) is 5.91 Å². The van der Waals surface area contributed by atoms with Gasteiger partial charge in [0.15, 0.2) is 11.6 Å². The lowest BCUT2D eigenvalue weighted by Gasteiger charge is -2.31. The summed E-state index contributed by atoms with van der Waals surface area (Å²) in [6.07, 6.45) is 2.43. The predicted molar refractivity (Wildman–Crippen MR) is 92.0 cm³/mol. The van der Waals surface area contributed by atoms with E-state index in [9.17, 15) is 4.79 Å². The minimum absolute atomic E-state index is 0.288. The Morgan fingerprint density at radius 2 is 2.09 bits per heavy atom. The highest BCUT2D eigenvalue weighted by atomic mass is 35.5. The Kier molecular flexibility index (Phi) is 4.76. The van der Waals surface area contributed by atoms with E-state index in [1.165, 1.54) is 12.8 Å². The Hall–Kier alpha value is -2.14. The summed E-state index contributed by atoms with van der Waals surface area (Å²) in [5.41, 5.74) is 0.421. The maximum atomic E-state index is 12.2. The van der Waals surface area contributed by atoms with Gasteiger partial charge in [-0.3, -0.25) is 4.79 Å². The molecule has 5 nitrogen and oxygen atoms in total. The van der Waals surface area contributed by atoms with Gasteiger partial charge in [0.25, 0.3) is 5.91 Å². The summed E-state index contributed by atoms with van der Waals surface area (Å²) in [6.45, 7) is 4.25. The number of rotatable bonds is 3. The van der Waals surface area contributed by atoms with Crippen molar-refractivity contribution < 1.29 is 4.79 Å². The summed E-state index contributed by atoms with van der Waals surface area (Å²) in [7, 11) is 0. The highest BCUT2D eigenvalue weighted by molar-refractivity contribution is 6.34. The molecule has 120 valence electrons. The van der Waals surface area contributed by atoms with Crippen LogP contribution in [0.4, 0.5) is 11.6 Å². The SMILES string of the molecule is CC1CCCN(c2ccc(NC(=O)c3ccccc3Cl)nn2)C1. The van der Waals surface area contributed by atoms with E-state index in [2.05, 4.69) is 27.3 Å². The van der Waals surface area contributed by atoms with Crippen LogP contribution in [-0.2, 0) is 0 Å². The van der Waals surface area contributed by atoms with Crippen LogP contribution < -0.4 is 10.2 Å². The van der Waals surface area contributed by atoms with E-state index >= 15 is 0 Å². The molecule has 1 unspecified atom stereocenters. The fourth-order valence-electron chi connectivity index (χ4n) is 2.79. The van der Waals surface area contributed by atoms with E-state index < -0.39 is 0 Å². The van der Waals surface area contributed by atoms with E-state index in [0.717, 1.165) is 18.9 Å². The number of hydrogen-bond donors (Lipinski definition) is 1. The van der Waals surface area contributed by atoms with E-state index in [1.807, 2.05) is 6.07 Å². The minimum atomic E-state index is -0.288. The normalized spacial score (nSPS) is 17.8. The van der Waals surface area contributed by atoms with Crippen molar-refractivity contribution in [1.82, 2.24) is 10.2 Å². The molecule has 1 aliphatic heterocycles. The molecule has 0 spiro atoms. The summed E-state index contributed by atoms with van der Waals surface area (Å²) >= 11 is 6.02. The van der Waals surface area contributed by atoms with Crippen LogP contribution in [0.15, 0.2) is 36.4 Å². The van der Waals surface area contributed by atoms with Crippen LogP contribution >= 0.6 is 11.6 Å². The number of piperidine rings is 1. The van der Waals surface area contributed by atoms with Gasteiger partial charge < -0.3 is 10.2 Å². The number of nitrogens with zero attached hydrogens (tertiary/aromatic N) is 3. The molecule has 1 amide bonds. The lowest BCUT2D eigenvalue weighted by Crippen LogP contribution is -2.34. The van der Waals surface area contributed by atoms with Gasteiger partial charge in [0.1, 0.15) is 0 Å². The molecule has 0 radical (unpaired) electrons. The number of halogens is 1. The molecule has 1 atom stereocenters. The van der Waals surface area contributed by atoms with Crippen LogP contribution in [0.1, 0.15) is 30.1 Å². The lowest BCUT2D eigenvalue weighted by atomic mass is 10.0. The monoisotopic (exact) mass is 330 g/mol. The standard InChI is InChI=1S/C17H19ClN4O/c1-12-5-4-10-22(11-12)16-9-8-15(20-21-16)19-17(23)13-6-2-3-7-14(13)18/h2-3,6-9,12H,4-5,10-11H2,1H3,(H,19,20,23). The molecule has 1 aliphatic rings. The van der Waals surface area contributed by atoms with Gasteiger partial charge in [-0.1, -0.05) is 30.7 Å². The molecule has 1 aromatic carbocycles. The van der Waals surface area contributed by atoms with Gasteiger partial charge in [-0.15, -0.1) is 10.2 Å². The van der Waals surface area contributed by atoms with Gasteiger partial charge in [0, 0.05) is 13.1 Å². The average Bonchev–Trinajstić information content (AvgIpc) is 2.56. The zero-order valence-corrected chi connectivity index (χ0v) is 13.8. The lowest BCUT2D eigenvalue weighted by molar-refractivity contribution is 0.102. The van der Waals surface area contributed by atoms with Crippen molar-refractivity contribution in [3.05, 3.63) is 47.0 Å². The first-order chi connectivity index (χ1) is 11.1.